The van der Waals surface area contributed by atoms with E-state index >= 15 is 0 Å². The number of hydrogen-bond donors (Lipinski definition) is 2. The lowest BCUT2D eigenvalue weighted by molar-refractivity contribution is 0.316. The first-order valence-corrected chi connectivity index (χ1v) is 8.74. The van der Waals surface area contributed by atoms with E-state index in [1.807, 2.05) is 13.0 Å². The number of nitrogens with zero attached hydrogens (tertiary/aromatic N) is 2. The lowest BCUT2D eigenvalue weighted by Gasteiger charge is -2.25. The topological polar surface area (TPSA) is 94.9 Å². The van der Waals surface area contributed by atoms with Gasteiger partial charge in [0.25, 0.3) is 0 Å². The molecule has 2 rings (SSSR count). The number of hydrogen-bond acceptors (Lipinski definition) is 5. The Morgan fingerprint density at radius 2 is 2.19 bits per heavy atom. The van der Waals surface area contributed by atoms with Crippen molar-refractivity contribution in [1.29, 1.82) is 5.26 Å². The molecule has 21 heavy (non-hydrogen) atoms. The average molecular weight is 308 g/mol. The minimum atomic E-state index is -3.25. The predicted molar refractivity (Wildman–Crippen MR) is 81.3 cm³/mol. The van der Waals surface area contributed by atoms with Crippen molar-refractivity contribution in [2.75, 3.05) is 24.2 Å². The van der Waals surface area contributed by atoms with Crippen LogP contribution in [0, 0.1) is 24.2 Å². The van der Waals surface area contributed by atoms with Crippen LogP contribution in [-0.4, -0.2) is 32.2 Å². The van der Waals surface area contributed by atoms with Crippen molar-refractivity contribution in [2.45, 2.75) is 26.2 Å². The maximum Gasteiger partial charge on any atom is 0.213 e. The van der Waals surface area contributed by atoms with Crippen molar-refractivity contribution in [3.8, 4) is 6.07 Å². The summed E-state index contributed by atoms with van der Waals surface area (Å²) >= 11 is 0. The monoisotopic (exact) mass is 308 g/mol. The molecule has 1 aromatic rings. The average Bonchev–Trinajstić information content (AvgIpc) is 2.38. The summed E-state index contributed by atoms with van der Waals surface area (Å²) in [5, 5.41) is 11.8. The Morgan fingerprint density at radius 1 is 1.43 bits per heavy atom. The largest absolute Gasteiger partial charge is 0.369 e. The van der Waals surface area contributed by atoms with Crippen molar-refractivity contribution in [1.82, 2.24) is 9.71 Å². The third-order valence-corrected chi connectivity index (χ3v) is 5.04. The molecule has 0 atom stereocenters. The normalized spacial score (nSPS) is 15.2. The fraction of sp³-hybridized carbons (Fsp3) is 0.571. The highest BCUT2D eigenvalue weighted by molar-refractivity contribution is 7.89. The van der Waals surface area contributed by atoms with Gasteiger partial charge in [-0.3, -0.25) is 0 Å². The van der Waals surface area contributed by atoms with E-state index in [4.69, 9.17) is 5.26 Å². The summed E-state index contributed by atoms with van der Waals surface area (Å²) in [7, 11) is -3.25. The highest BCUT2D eigenvalue weighted by Crippen LogP contribution is 2.25. The molecule has 0 aromatic carbocycles. The summed E-state index contributed by atoms with van der Waals surface area (Å²) in [6, 6.07) is 5.54. The predicted octanol–water partition coefficient (Wildman–Crippen LogP) is 1.39. The minimum Gasteiger partial charge on any atom is -0.369 e. The van der Waals surface area contributed by atoms with Crippen LogP contribution in [0.3, 0.4) is 0 Å². The van der Waals surface area contributed by atoms with Crippen LogP contribution in [0.5, 0.6) is 0 Å². The third kappa shape index (κ3) is 4.69. The van der Waals surface area contributed by atoms with Crippen LogP contribution in [0.4, 0.5) is 5.82 Å². The molecule has 0 unspecified atom stereocenters. The number of aryl methyl sites for hydroxylation is 1. The SMILES string of the molecule is Cc1ccc(NCCS(=O)(=O)NCC2CCC2)nc1C#N. The van der Waals surface area contributed by atoms with Gasteiger partial charge in [0.15, 0.2) is 0 Å². The fourth-order valence-corrected chi connectivity index (χ4v) is 3.07. The molecule has 114 valence electrons. The zero-order valence-corrected chi connectivity index (χ0v) is 12.9. The molecule has 1 aromatic heterocycles. The van der Waals surface area contributed by atoms with Crippen LogP contribution in [0.15, 0.2) is 12.1 Å². The number of anilines is 1. The van der Waals surface area contributed by atoms with Crippen molar-refractivity contribution in [3.63, 3.8) is 0 Å². The Morgan fingerprint density at radius 3 is 2.81 bits per heavy atom. The van der Waals surface area contributed by atoms with E-state index in [9.17, 15) is 8.42 Å². The molecule has 1 heterocycles. The number of aromatic nitrogens is 1. The number of rotatable bonds is 7. The molecule has 0 saturated heterocycles. The Hall–Kier alpha value is -1.65. The first-order chi connectivity index (χ1) is 10.00. The summed E-state index contributed by atoms with van der Waals surface area (Å²) in [4.78, 5) is 4.12. The fourth-order valence-electron chi connectivity index (χ4n) is 2.07. The molecule has 1 aliphatic rings. The molecule has 0 aliphatic heterocycles. The molecule has 1 saturated carbocycles. The van der Waals surface area contributed by atoms with Crippen LogP contribution >= 0.6 is 0 Å². The summed E-state index contributed by atoms with van der Waals surface area (Å²) in [6.45, 7) is 2.62. The lowest BCUT2D eigenvalue weighted by atomic mass is 9.86. The maximum absolute atomic E-state index is 11.8. The van der Waals surface area contributed by atoms with E-state index in [1.54, 1.807) is 12.1 Å². The van der Waals surface area contributed by atoms with Gasteiger partial charge in [-0.25, -0.2) is 18.1 Å². The van der Waals surface area contributed by atoms with Crippen molar-refractivity contribution in [2.24, 2.45) is 5.92 Å². The van der Waals surface area contributed by atoms with Gasteiger partial charge in [0.05, 0.1) is 5.75 Å². The van der Waals surface area contributed by atoms with Crippen LogP contribution in [0.25, 0.3) is 0 Å². The Labute approximate surface area is 125 Å². The molecular weight excluding hydrogens is 288 g/mol. The molecule has 0 spiro atoms. The van der Waals surface area contributed by atoms with E-state index in [2.05, 4.69) is 15.0 Å². The summed E-state index contributed by atoms with van der Waals surface area (Å²) < 4.78 is 26.3. The minimum absolute atomic E-state index is 0.00281. The molecule has 6 nitrogen and oxygen atoms in total. The number of pyridine rings is 1. The molecule has 7 heteroatoms. The summed E-state index contributed by atoms with van der Waals surface area (Å²) in [5.74, 6) is 1.02. The second kappa shape index (κ2) is 6.87. The van der Waals surface area contributed by atoms with Gasteiger partial charge in [-0.05, 0) is 37.3 Å². The summed E-state index contributed by atoms with van der Waals surface area (Å²) in [6.07, 6.45) is 3.43. The van der Waals surface area contributed by atoms with Gasteiger partial charge >= 0.3 is 0 Å². The molecule has 1 fully saturated rings. The van der Waals surface area contributed by atoms with Crippen LogP contribution < -0.4 is 10.0 Å². The van der Waals surface area contributed by atoms with Crippen molar-refractivity contribution in [3.05, 3.63) is 23.4 Å². The smallest absolute Gasteiger partial charge is 0.213 e. The lowest BCUT2D eigenvalue weighted by Crippen LogP contribution is -2.35. The van der Waals surface area contributed by atoms with Crippen LogP contribution in [-0.2, 0) is 10.0 Å². The standard InChI is InChI=1S/C14H20N4O2S/c1-11-5-6-14(18-13(11)9-15)16-7-8-21(19,20)17-10-12-3-2-4-12/h5-6,12,17H,2-4,7-8,10H2,1H3,(H,16,18). The first-order valence-electron chi connectivity index (χ1n) is 7.09. The highest BCUT2D eigenvalue weighted by Gasteiger charge is 2.19. The number of nitriles is 1. The Bertz CT molecular complexity index is 633. The van der Waals surface area contributed by atoms with Crippen molar-refractivity contribution >= 4 is 15.8 Å². The molecule has 1 aliphatic carbocycles. The zero-order valence-electron chi connectivity index (χ0n) is 12.1. The quantitative estimate of drug-likeness (QED) is 0.794. The van der Waals surface area contributed by atoms with Gasteiger partial charge in [-0.1, -0.05) is 12.5 Å². The van der Waals surface area contributed by atoms with Crippen LogP contribution in [0.1, 0.15) is 30.5 Å². The second-order valence-electron chi connectivity index (χ2n) is 5.36. The van der Waals surface area contributed by atoms with Crippen molar-refractivity contribution < 1.29 is 8.42 Å². The number of nitrogens with one attached hydrogen (secondary N) is 2. The van der Waals surface area contributed by atoms with E-state index in [1.165, 1.54) is 6.42 Å². The van der Waals surface area contributed by atoms with E-state index in [-0.39, 0.29) is 12.3 Å². The first kappa shape index (κ1) is 15.7. The van der Waals surface area contributed by atoms with Gasteiger partial charge < -0.3 is 5.32 Å². The Balaban J connectivity index is 1.79. The van der Waals surface area contributed by atoms with Gasteiger partial charge in [-0.2, -0.15) is 5.26 Å². The summed E-state index contributed by atoms with van der Waals surface area (Å²) in [5.41, 5.74) is 1.16. The highest BCUT2D eigenvalue weighted by atomic mass is 32.2. The van der Waals surface area contributed by atoms with Crippen LogP contribution in [0.2, 0.25) is 0 Å². The van der Waals surface area contributed by atoms with Gasteiger partial charge in [0.1, 0.15) is 17.6 Å². The zero-order chi connectivity index (χ0) is 15.3. The maximum atomic E-state index is 11.8. The molecular formula is C14H20N4O2S. The number of sulfonamides is 1. The van der Waals surface area contributed by atoms with E-state index in [0.29, 0.717) is 24.0 Å². The van der Waals surface area contributed by atoms with Gasteiger partial charge in [0, 0.05) is 13.1 Å². The second-order valence-corrected chi connectivity index (χ2v) is 7.29. The molecule has 2 N–H and O–H groups in total. The van der Waals surface area contributed by atoms with Gasteiger partial charge in [-0.15, -0.1) is 0 Å². The van der Waals surface area contributed by atoms with E-state index < -0.39 is 10.0 Å². The molecule has 0 bridgehead atoms. The van der Waals surface area contributed by atoms with Gasteiger partial charge in [0.2, 0.25) is 10.0 Å². The third-order valence-electron chi connectivity index (χ3n) is 3.70. The molecule has 0 radical (unpaired) electrons. The van der Waals surface area contributed by atoms with E-state index in [0.717, 1.165) is 18.4 Å². The molecule has 0 amide bonds. The Kier molecular flexibility index (Phi) is 5.15.